The van der Waals surface area contributed by atoms with E-state index in [0.29, 0.717) is 18.2 Å². The first-order valence-electron chi connectivity index (χ1n) is 7.56. The van der Waals surface area contributed by atoms with Crippen LogP contribution in [0.5, 0.6) is 0 Å². The van der Waals surface area contributed by atoms with E-state index < -0.39 is 0 Å². The maximum absolute atomic E-state index is 11.8. The Balaban J connectivity index is 1.83. The predicted molar refractivity (Wildman–Crippen MR) is 83.9 cm³/mol. The number of unbranched alkanes of at least 4 members (excludes halogenated alkanes) is 1. The van der Waals surface area contributed by atoms with Crippen molar-refractivity contribution >= 4 is 17.9 Å². The molecule has 0 bridgehead atoms. The number of carbonyl (C=O) groups is 2. The highest BCUT2D eigenvalue weighted by Crippen LogP contribution is 2.19. The summed E-state index contributed by atoms with van der Waals surface area (Å²) >= 11 is 0. The van der Waals surface area contributed by atoms with Gasteiger partial charge in [0.2, 0.25) is 5.91 Å². The monoisotopic (exact) mass is 286 g/mol. The molecule has 2 amide bonds. The zero-order valence-electron chi connectivity index (χ0n) is 12.4. The summed E-state index contributed by atoms with van der Waals surface area (Å²) in [6, 6.07) is 7.62. The summed E-state index contributed by atoms with van der Waals surface area (Å²) in [4.78, 5) is 23.4. The van der Waals surface area contributed by atoms with Crippen LogP contribution in [0.4, 0.5) is 0 Å². The van der Waals surface area contributed by atoms with E-state index in [2.05, 4.69) is 17.6 Å². The first kappa shape index (κ1) is 15.3. The Labute approximate surface area is 125 Å². The van der Waals surface area contributed by atoms with Crippen LogP contribution in [-0.4, -0.2) is 24.4 Å². The van der Waals surface area contributed by atoms with Gasteiger partial charge in [0, 0.05) is 24.2 Å². The Bertz CT molecular complexity index is 516. The lowest BCUT2D eigenvalue weighted by atomic mass is 10.1. The lowest BCUT2D eigenvalue weighted by Crippen LogP contribution is -2.25. The molecule has 21 heavy (non-hydrogen) atoms. The van der Waals surface area contributed by atoms with E-state index in [4.69, 9.17) is 0 Å². The van der Waals surface area contributed by atoms with E-state index in [-0.39, 0.29) is 11.8 Å². The Morgan fingerprint density at radius 2 is 1.95 bits per heavy atom. The third-order valence-corrected chi connectivity index (χ3v) is 3.34. The fourth-order valence-electron chi connectivity index (χ4n) is 1.86. The van der Waals surface area contributed by atoms with E-state index in [9.17, 15) is 9.59 Å². The van der Waals surface area contributed by atoms with Gasteiger partial charge in [0.05, 0.1) is 0 Å². The molecule has 0 atom stereocenters. The number of nitrogens with one attached hydrogen (secondary N) is 2. The van der Waals surface area contributed by atoms with Gasteiger partial charge in [-0.15, -0.1) is 0 Å². The van der Waals surface area contributed by atoms with E-state index in [0.717, 1.165) is 31.2 Å². The van der Waals surface area contributed by atoms with Crippen LogP contribution in [0.3, 0.4) is 0 Å². The molecule has 112 valence electrons. The maximum Gasteiger partial charge on any atom is 0.251 e. The number of rotatable bonds is 7. The van der Waals surface area contributed by atoms with Gasteiger partial charge in [0.15, 0.2) is 0 Å². The van der Waals surface area contributed by atoms with Crippen molar-refractivity contribution in [3.05, 3.63) is 41.5 Å². The molecule has 1 saturated carbocycles. The van der Waals surface area contributed by atoms with Crippen molar-refractivity contribution < 1.29 is 9.59 Å². The van der Waals surface area contributed by atoms with Crippen molar-refractivity contribution in [2.24, 2.45) is 0 Å². The van der Waals surface area contributed by atoms with Gasteiger partial charge in [-0.3, -0.25) is 9.59 Å². The molecule has 0 heterocycles. The second-order valence-corrected chi connectivity index (χ2v) is 5.35. The third-order valence-electron chi connectivity index (χ3n) is 3.34. The van der Waals surface area contributed by atoms with Gasteiger partial charge in [0.25, 0.3) is 5.91 Å². The van der Waals surface area contributed by atoms with Crippen LogP contribution in [0.15, 0.2) is 30.3 Å². The summed E-state index contributed by atoms with van der Waals surface area (Å²) in [6.07, 6.45) is 7.50. The summed E-state index contributed by atoms with van der Waals surface area (Å²) in [5.41, 5.74) is 1.56. The topological polar surface area (TPSA) is 58.2 Å². The van der Waals surface area contributed by atoms with Gasteiger partial charge in [-0.25, -0.2) is 0 Å². The van der Waals surface area contributed by atoms with E-state index in [1.165, 1.54) is 6.08 Å². The molecule has 4 heteroatoms. The lowest BCUT2D eigenvalue weighted by Gasteiger charge is -2.03. The largest absolute Gasteiger partial charge is 0.353 e. The van der Waals surface area contributed by atoms with Gasteiger partial charge in [-0.05, 0) is 43.0 Å². The molecule has 0 radical (unpaired) electrons. The molecule has 1 aliphatic carbocycles. The van der Waals surface area contributed by atoms with Crippen molar-refractivity contribution in [2.75, 3.05) is 6.54 Å². The first-order chi connectivity index (χ1) is 10.2. The number of amides is 2. The second kappa shape index (κ2) is 7.62. The molecule has 1 aromatic carbocycles. The normalized spacial score (nSPS) is 14.1. The quantitative estimate of drug-likeness (QED) is 0.597. The number of hydrogen-bond acceptors (Lipinski definition) is 2. The third kappa shape index (κ3) is 5.42. The van der Waals surface area contributed by atoms with Crippen LogP contribution < -0.4 is 10.6 Å². The maximum atomic E-state index is 11.8. The average molecular weight is 286 g/mol. The van der Waals surface area contributed by atoms with Crippen LogP contribution in [0, 0.1) is 0 Å². The molecule has 0 unspecified atom stereocenters. The van der Waals surface area contributed by atoms with Crippen LogP contribution >= 0.6 is 0 Å². The zero-order valence-corrected chi connectivity index (χ0v) is 12.4. The summed E-state index contributed by atoms with van der Waals surface area (Å²) in [6.45, 7) is 2.79. The van der Waals surface area contributed by atoms with Gasteiger partial charge in [-0.2, -0.15) is 0 Å². The standard InChI is InChI=1S/C17H22N2O2/c1-2-3-12-18-16(20)11-6-13-4-7-14(8-5-13)17(21)19-15-9-10-15/h4-8,11,15H,2-3,9-10,12H2,1H3,(H,18,20)(H,19,21). The smallest absolute Gasteiger partial charge is 0.251 e. The molecule has 0 saturated heterocycles. The molecule has 0 aromatic heterocycles. The molecule has 2 N–H and O–H groups in total. The molecular formula is C17H22N2O2. The minimum Gasteiger partial charge on any atom is -0.353 e. The molecule has 2 rings (SSSR count). The minimum absolute atomic E-state index is 0.0228. The van der Waals surface area contributed by atoms with Crippen molar-refractivity contribution in [1.29, 1.82) is 0 Å². The fourth-order valence-corrected chi connectivity index (χ4v) is 1.86. The molecular weight excluding hydrogens is 264 g/mol. The average Bonchev–Trinajstić information content (AvgIpc) is 3.30. The van der Waals surface area contributed by atoms with Gasteiger partial charge in [-0.1, -0.05) is 25.5 Å². The highest BCUT2D eigenvalue weighted by molar-refractivity contribution is 5.95. The van der Waals surface area contributed by atoms with E-state index in [1.807, 2.05) is 12.1 Å². The fraction of sp³-hybridized carbons (Fsp3) is 0.412. The van der Waals surface area contributed by atoms with Crippen molar-refractivity contribution in [3.63, 3.8) is 0 Å². The highest BCUT2D eigenvalue weighted by atomic mass is 16.2. The van der Waals surface area contributed by atoms with E-state index >= 15 is 0 Å². The molecule has 1 aliphatic rings. The lowest BCUT2D eigenvalue weighted by molar-refractivity contribution is -0.116. The van der Waals surface area contributed by atoms with Crippen LogP contribution in [0.1, 0.15) is 48.5 Å². The van der Waals surface area contributed by atoms with Crippen molar-refractivity contribution in [2.45, 2.75) is 38.6 Å². The highest BCUT2D eigenvalue weighted by Gasteiger charge is 2.23. The molecule has 0 spiro atoms. The SMILES string of the molecule is CCCCNC(=O)C=Cc1ccc(C(=O)NC2CC2)cc1. The Morgan fingerprint density at radius 3 is 2.57 bits per heavy atom. The Morgan fingerprint density at radius 1 is 1.24 bits per heavy atom. The minimum atomic E-state index is -0.0843. The van der Waals surface area contributed by atoms with Gasteiger partial charge < -0.3 is 10.6 Å². The molecule has 4 nitrogen and oxygen atoms in total. The number of hydrogen-bond donors (Lipinski definition) is 2. The zero-order chi connectivity index (χ0) is 15.1. The summed E-state index contributed by atoms with van der Waals surface area (Å²) in [5.74, 6) is -0.107. The molecule has 1 aromatic rings. The first-order valence-corrected chi connectivity index (χ1v) is 7.56. The van der Waals surface area contributed by atoms with Crippen LogP contribution in [0.25, 0.3) is 6.08 Å². The van der Waals surface area contributed by atoms with Gasteiger partial charge >= 0.3 is 0 Å². The van der Waals surface area contributed by atoms with Crippen LogP contribution in [-0.2, 0) is 4.79 Å². The molecule has 0 aliphatic heterocycles. The predicted octanol–water partition coefficient (Wildman–Crippen LogP) is 2.51. The summed E-state index contributed by atoms with van der Waals surface area (Å²) in [5, 5.41) is 5.77. The summed E-state index contributed by atoms with van der Waals surface area (Å²) < 4.78 is 0. The second-order valence-electron chi connectivity index (χ2n) is 5.35. The number of benzene rings is 1. The Kier molecular flexibility index (Phi) is 5.55. The van der Waals surface area contributed by atoms with Crippen molar-refractivity contribution in [3.8, 4) is 0 Å². The van der Waals surface area contributed by atoms with E-state index in [1.54, 1.807) is 18.2 Å². The summed E-state index contributed by atoms with van der Waals surface area (Å²) in [7, 11) is 0. The van der Waals surface area contributed by atoms with Crippen LogP contribution in [0.2, 0.25) is 0 Å². The Hall–Kier alpha value is -2.10. The van der Waals surface area contributed by atoms with Gasteiger partial charge in [0.1, 0.15) is 0 Å². The number of carbonyl (C=O) groups excluding carboxylic acids is 2. The molecule has 1 fully saturated rings. The van der Waals surface area contributed by atoms with Crippen molar-refractivity contribution in [1.82, 2.24) is 10.6 Å².